The molecule has 0 radical (unpaired) electrons. The van der Waals surface area contributed by atoms with E-state index in [1.54, 1.807) is 12.1 Å². The summed E-state index contributed by atoms with van der Waals surface area (Å²) in [5.74, 6) is -0.555. The molecule has 20 heavy (non-hydrogen) atoms. The summed E-state index contributed by atoms with van der Waals surface area (Å²) >= 11 is 0. The molecule has 2 N–H and O–H groups in total. The molecule has 110 valence electrons. The molecular formula is C15H21NO4. The Morgan fingerprint density at radius 1 is 1.40 bits per heavy atom. The first kappa shape index (κ1) is 14.8. The lowest BCUT2D eigenvalue weighted by molar-refractivity contribution is -0.140. The summed E-state index contributed by atoms with van der Waals surface area (Å²) < 4.78 is 5.89. The van der Waals surface area contributed by atoms with E-state index < -0.39 is 5.97 Å². The third kappa shape index (κ3) is 3.49. The fraction of sp³-hybridized carbons (Fsp3) is 0.533. The summed E-state index contributed by atoms with van der Waals surface area (Å²) in [6.07, 6.45) is 0.0450. The lowest BCUT2D eigenvalue weighted by Crippen LogP contribution is -2.54. The van der Waals surface area contributed by atoms with Crippen LogP contribution in [0, 0.1) is 0 Å². The smallest absolute Gasteiger partial charge is 0.304 e. The Bertz CT molecular complexity index is 469. The summed E-state index contributed by atoms with van der Waals surface area (Å²) in [6.45, 7) is 5.84. The van der Waals surface area contributed by atoms with Gasteiger partial charge in [-0.2, -0.15) is 0 Å². The molecule has 5 heteroatoms. The van der Waals surface area contributed by atoms with Gasteiger partial charge < -0.3 is 14.9 Å². The highest BCUT2D eigenvalue weighted by molar-refractivity contribution is 5.66. The van der Waals surface area contributed by atoms with Crippen LogP contribution in [-0.4, -0.2) is 46.3 Å². The Balaban J connectivity index is 2.07. The number of carboxylic acid groups (broad SMARTS) is 1. The minimum absolute atomic E-state index is 0.0857. The first-order valence-electron chi connectivity index (χ1n) is 6.76. The monoisotopic (exact) mass is 279 g/mol. The van der Waals surface area contributed by atoms with Gasteiger partial charge in [0.2, 0.25) is 0 Å². The van der Waals surface area contributed by atoms with Crippen molar-refractivity contribution >= 4 is 5.97 Å². The Kier molecular flexibility index (Phi) is 4.30. The van der Waals surface area contributed by atoms with Crippen molar-refractivity contribution in [2.24, 2.45) is 0 Å². The topological polar surface area (TPSA) is 70.0 Å². The van der Waals surface area contributed by atoms with Crippen LogP contribution < -0.4 is 0 Å². The molecule has 0 aromatic heterocycles. The maximum atomic E-state index is 10.8. The average molecular weight is 279 g/mol. The summed E-state index contributed by atoms with van der Waals surface area (Å²) in [5, 5.41) is 18.2. The molecule has 1 atom stereocenters. The molecule has 0 saturated carbocycles. The van der Waals surface area contributed by atoms with Crippen LogP contribution in [0.4, 0.5) is 0 Å². The molecule has 1 heterocycles. The number of hydrogen-bond acceptors (Lipinski definition) is 4. The second-order valence-corrected chi connectivity index (χ2v) is 5.79. The molecule has 0 spiro atoms. The van der Waals surface area contributed by atoms with Crippen molar-refractivity contribution in [3.8, 4) is 5.75 Å². The van der Waals surface area contributed by atoms with Gasteiger partial charge in [-0.1, -0.05) is 12.1 Å². The molecule has 1 saturated heterocycles. The lowest BCUT2D eigenvalue weighted by Gasteiger charge is -2.45. The Morgan fingerprint density at radius 3 is 2.65 bits per heavy atom. The second kappa shape index (κ2) is 5.81. The van der Waals surface area contributed by atoms with E-state index in [9.17, 15) is 9.90 Å². The molecule has 2 rings (SSSR count). The molecule has 1 aromatic carbocycles. The van der Waals surface area contributed by atoms with Crippen LogP contribution >= 0.6 is 0 Å². The van der Waals surface area contributed by atoms with Crippen molar-refractivity contribution in [2.75, 3.05) is 19.7 Å². The first-order chi connectivity index (χ1) is 9.38. The standard InChI is InChI=1S/C15H21NO4/c1-15(2)10-20-13(9-16(15)8-7-14(18)19)11-3-5-12(17)6-4-11/h3-6,13,17H,7-10H2,1-2H3,(H,18,19). The zero-order valence-electron chi connectivity index (χ0n) is 11.9. The van der Waals surface area contributed by atoms with Crippen molar-refractivity contribution < 1.29 is 19.7 Å². The molecule has 5 nitrogen and oxygen atoms in total. The Morgan fingerprint density at radius 2 is 2.05 bits per heavy atom. The number of morpholine rings is 1. The van der Waals surface area contributed by atoms with Crippen molar-refractivity contribution in [2.45, 2.75) is 31.9 Å². The highest BCUT2D eigenvalue weighted by Crippen LogP contribution is 2.30. The van der Waals surface area contributed by atoms with Gasteiger partial charge in [0.05, 0.1) is 19.1 Å². The van der Waals surface area contributed by atoms with Gasteiger partial charge in [0.1, 0.15) is 5.75 Å². The number of phenolic OH excluding ortho intramolecular Hbond substituents is 1. The van der Waals surface area contributed by atoms with E-state index in [2.05, 4.69) is 18.7 Å². The summed E-state index contributed by atoms with van der Waals surface area (Å²) in [7, 11) is 0. The molecule has 1 aliphatic heterocycles. The van der Waals surface area contributed by atoms with E-state index in [1.807, 2.05) is 12.1 Å². The van der Waals surface area contributed by atoms with E-state index in [4.69, 9.17) is 9.84 Å². The van der Waals surface area contributed by atoms with E-state index in [1.165, 1.54) is 0 Å². The molecule has 0 amide bonds. The van der Waals surface area contributed by atoms with Gasteiger partial charge in [-0.3, -0.25) is 9.69 Å². The second-order valence-electron chi connectivity index (χ2n) is 5.79. The summed E-state index contributed by atoms with van der Waals surface area (Å²) in [6, 6.07) is 6.96. The van der Waals surface area contributed by atoms with E-state index in [-0.39, 0.29) is 23.8 Å². The van der Waals surface area contributed by atoms with Crippen LogP contribution in [-0.2, 0) is 9.53 Å². The summed E-state index contributed by atoms with van der Waals surface area (Å²) in [5.41, 5.74) is 0.835. The average Bonchev–Trinajstić information content (AvgIpc) is 2.38. The number of aromatic hydroxyl groups is 1. The van der Waals surface area contributed by atoms with E-state index >= 15 is 0 Å². The third-order valence-corrected chi connectivity index (χ3v) is 3.74. The van der Waals surface area contributed by atoms with Gasteiger partial charge in [0.25, 0.3) is 0 Å². The number of hydrogen-bond donors (Lipinski definition) is 2. The highest BCUT2D eigenvalue weighted by atomic mass is 16.5. The molecule has 1 aromatic rings. The van der Waals surface area contributed by atoms with Gasteiger partial charge in [-0.05, 0) is 31.5 Å². The van der Waals surface area contributed by atoms with Gasteiger partial charge in [0, 0.05) is 18.6 Å². The number of benzene rings is 1. The normalized spacial score (nSPS) is 22.6. The van der Waals surface area contributed by atoms with Gasteiger partial charge >= 0.3 is 5.97 Å². The van der Waals surface area contributed by atoms with Crippen LogP contribution in [0.5, 0.6) is 5.75 Å². The van der Waals surface area contributed by atoms with Crippen molar-refractivity contribution in [1.29, 1.82) is 0 Å². The zero-order valence-corrected chi connectivity index (χ0v) is 11.9. The number of ether oxygens (including phenoxy) is 1. The van der Waals surface area contributed by atoms with Gasteiger partial charge in [-0.25, -0.2) is 0 Å². The maximum Gasteiger partial charge on any atom is 0.304 e. The molecule has 0 aliphatic carbocycles. The largest absolute Gasteiger partial charge is 0.508 e. The Labute approximate surface area is 118 Å². The fourth-order valence-corrected chi connectivity index (χ4v) is 2.41. The highest BCUT2D eigenvalue weighted by Gasteiger charge is 2.35. The lowest BCUT2D eigenvalue weighted by atomic mass is 9.98. The van der Waals surface area contributed by atoms with Gasteiger partial charge in [0.15, 0.2) is 0 Å². The van der Waals surface area contributed by atoms with Crippen molar-refractivity contribution in [1.82, 2.24) is 4.90 Å². The third-order valence-electron chi connectivity index (χ3n) is 3.74. The zero-order chi connectivity index (χ0) is 14.8. The molecule has 0 bridgehead atoms. The molecule has 1 unspecified atom stereocenters. The number of carboxylic acids is 1. The quantitative estimate of drug-likeness (QED) is 0.882. The van der Waals surface area contributed by atoms with Gasteiger partial charge in [-0.15, -0.1) is 0 Å². The number of carbonyl (C=O) groups is 1. The number of nitrogens with zero attached hydrogens (tertiary/aromatic N) is 1. The SMILES string of the molecule is CC1(C)COC(c2ccc(O)cc2)CN1CCC(=O)O. The van der Waals surface area contributed by atoms with Crippen LogP contribution in [0.15, 0.2) is 24.3 Å². The fourth-order valence-electron chi connectivity index (χ4n) is 2.41. The van der Waals surface area contributed by atoms with E-state index in [0.717, 1.165) is 5.56 Å². The van der Waals surface area contributed by atoms with Crippen LogP contribution in [0.3, 0.4) is 0 Å². The number of aliphatic carboxylic acids is 1. The molecular weight excluding hydrogens is 258 g/mol. The first-order valence-corrected chi connectivity index (χ1v) is 6.76. The number of rotatable bonds is 4. The number of phenols is 1. The maximum absolute atomic E-state index is 10.8. The predicted molar refractivity (Wildman–Crippen MR) is 74.7 cm³/mol. The minimum atomic E-state index is -0.784. The summed E-state index contributed by atoms with van der Waals surface area (Å²) in [4.78, 5) is 12.9. The molecule has 1 aliphatic rings. The van der Waals surface area contributed by atoms with Crippen molar-refractivity contribution in [3.05, 3.63) is 29.8 Å². The van der Waals surface area contributed by atoms with Crippen LogP contribution in [0.25, 0.3) is 0 Å². The van der Waals surface area contributed by atoms with E-state index in [0.29, 0.717) is 19.7 Å². The predicted octanol–water partition coefficient (Wildman–Crippen LogP) is 2.02. The van der Waals surface area contributed by atoms with Crippen molar-refractivity contribution in [3.63, 3.8) is 0 Å². The van der Waals surface area contributed by atoms with Crippen LogP contribution in [0.2, 0.25) is 0 Å². The van der Waals surface area contributed by atoms with Crippen LogP contribution in [0.1, 0.15) is 31.9 Å². The molecule has 1 fully saturated rings. The Hall–Kier alpha value is -1.59. The minimum Gasteiger partial charge on any atom is -0.508 e.